The van der Waals surface area contributed by atoms with E-state index in [9.17, 15) is 9.59 Å². The summed E-state index contributed by atoms with van der Waals surface area (Å²) in [6.45, 7) is 0.858. The van der Waals surface area contributed by atoms with Crippen LogP contribution in [0, 0.1) is 0 Å². The smallest absolute Gasteiger partial charge is 0.228 e. The van der Waals surface area contributed by atoms with Crippen molar-refractivity contribution in [3.05, 3.63) is 131 Å². The molecule has 0 aromatic heterocycles. The maximum absolute atomic E-state index is 11.4. The van der Waals surface area contributed by atoms with Crippen LogP contribution in [0.5, 0.6) is 0 Å². The van der Waals surface area contributed by atoms with Crippen LogP contribution < -0.4 is 10.2 Å². The van der Waals surface area contributed by atoms with Crippen LogP contribution in [0.1, 0.15) is 42.5 Å². The van der Waals surface area contributed by atoms with Gasteiger partial charge in [-0.25, -0.2) is 0 Å². The summed E-state index contributed by atoms with van der Waals surface area (Å²) < 4.78 is 0. The maximum Gasteiger partial charge on any atom is 0.228 e. The van der Waals surface area contributed by atoms with Crippen molar-refractivity contribution in [2.24, 2.45) is 0 Å². The Kier molecular flexibility index (Phi) is 11.3. The molecule has 0 unspecified atom stereocenters. The van der Waals surface area contributed by atoms with Crippen molar-refractivity contribution in [3.8, 4) is 0 Å². The molecule has 4 aromatic carbocycles. The van der Waals surface area contributed by atoms with E-state index in [-0.39, 0.29) is 19.2 Å². The number of nitrogens with one attached hydrogen (secondary N) is 1. The number of carbonyl (C=O) groups excluding carboxylic acids is 2. The SMILES string of the molecule is C.O=C(CCBr)Nc1ccc(Cc2ccccc2)cc1.O=C1CCN1c1ccc(Cc2ccccc2)cc1. The van der Waals surface area contributed by atoms with E-state index in [1.165, 1.54) is 22.3 Å². The highest BCUT2D eigenvalue weighted by Gasteiger charge is 2.24. The average Bonchev–Trinajstić information content (AvgIpc) is 2.92. The second kappa shape index (κ2) is 14.9. The van der Waals surface area contributed by atoms with Gasteiger partial charge in [-0.15, -0.1) is 0 Å². The third-order valence-corrected chi connectivity index (χ3v) is 6.56. The number of rotatable bonds is 8. The van der Waals surface area contributed by atoms with Crippen molar-refractivity contribution in [1.82, 2.24) is 0 Å². The van der Waals surface area contributed by atoms with Gasteiger partial charge in [0.25, 0.3) is 0 Å². The number of benzene rings is 4. The van der Waals surface area contributed by atoms with Gasteiger partial charge in [-0.3, -0.25) is 9.59 Å². The molecular formula is C33H35BrN2O2. The maximum atomic E-state index is 11.4. The summed E-state index contributed by atoms with van der Waals surface area (Å²) in [4.78, 5) is 24.6. The fourth-order valence-electron chi connectivity index (χ4n) is 4.06. The Morgan fingerprint density at radius 2 is 1.18 bits per heavy atom. The molecule has 5 rings (SSSR count). The molecule has 1 N–H and O–H groups in total. The van der Waals surface area contributed by atoms with Crippen LogP contribution >= 0.6 is 15.9 Å². The van der Waals surface area contributed by atoms with Gasteiger partial charge in [0.2, 0.25) is 11.8 Å². The number of halogens is 1. The normalized spacial score (nSPS) is 11.9. The minimum absolute atomic E-state index is 0. The number of hydrogen-bond donors (Lipinski definition) is 1. The lowest BCUT2D eigenvalue weighted by Gasteiger charge is -2.30. The molecule has 0 radical (unpaired) electrons. The molecule has 1 heterocycles. The monoisotopic (exact) mass is 570 g/mol. The van der Waals surface area contributed by atoms with Crippen molar-refractivity contribution >= 4 is 39.1 Å². The van der Waals surface area contributed by atoms with Crippen molar-refractivity contribution in [3.63, 3.8) is 0 Å². The van der Waals surface area contributed by atoms with Gasteiger partial charge in [0, 0.05) is 36.1 Å². The molecule has 1 fully saturated rings. The lowest BCUT2D eigenvalue weighted by molar-refractivity contribution is -0.122. The molecule has 0 spiro atoms. The molecule has 0 atom stereocenters. The zero-order chi connectivity index (χ0) is 25.9. The van der Waals surface area contributed by atoms with E-state index in [0.717, 1.165) is 30.8 Å². The van der Waals surface area contributed by atoms with Gasteiger partial charge in [0.15, 0.2) is 0 Å². The van der Waals surface area contributed by atoms with Gasteiger partial charge >= 0.3 is 0 Å². The van der Waals surface area contributed by atoms with E-state index in [4.69, 9.17) is 0 Å². The lowest BCUT2D eigenvalue weighted by Crippen LogP contribution is -2.43. The van der Waals surface area contributed by atoms with E-state index < -0.39 is 0 Å². The van der Waals surface area contributed by atoms with Gasteiger partial charge in [0.1, 0.15) is 0 Å². The highest BCUT2D eigenvalue weighted by Crippen LogP contribution is 2.22. The number of amides is 2. The van der Waals surface area contributed by atoms with Crippen LogP contribution in [0.25, 0.3) is 0 Å². The Bertz CT molecular complexity index is 1270. The molecule has 1 aliphatic heterocycles. The molecule has 2 amide bonds. The average molecular weight is 572 g/mol. The van der Waals surface area contributed by atoms with Crippen molar-refractivity contribution < 1.29 is 9.59 Å². The summed E-state index contributed by atoms with van der Waals surface area (Å²) in [5, 5.41) is 3.55. The summed E-state index contributed by atoms with van der Waals surface area (Å²) >= 11 is 3.25. The minimum Gasteiger partial charge on any atom is -0.326 e. The number of anilines is 2. The highest BCUT2D eigenvalue weighted by molar-refractivity contribution is 9.09. The third kappa shape index (κ3) is 8.70. The van der Waals surface area contributed by atoms with Crippen molar-refractivity contribution in [1.29, 1.82) is 0 Å². The molecule has 1 saturated heterocycles. The second-order valence-corrected chi connectivity index (χ2v) is 9.76. The minimum atomic E-state index is 0. The molecule has 0 bridgehead atoms. The van der Waals surface area contributed by atoms with Crippen LogP contribution in [0.4, 0.5) is 11.4 Å². The molecule has 0 saturated carbocycles. The summed E-state index contributed by atoms with van der Waals surface area (Å²) in [5.74, 6) is 0.262. The van der Waals surface area contributed by atoms with Crippen LogP contribution in [0.3, 0.4) is 0 Å². The number of carbonyl (C=O) groups is 2. The predicted molar refractivity (Wildman–Crippen MR) is 162 cm³/mol. The molecule has 1 aliphatic rings. The van der Waals surface area contributed by atoms with E-state index in [1.54, 1.807) is 0 Å². The quantitative estimate of drug-likeness (QED) is 0.175. The van der Waals surface area contributed by atoms with Crippen molar-refractivity contribution in [2.75, 3.05) is 22.1 Å². The Morgan fingerprint density at radius 1 is 0.711 bits per heavy atom. The number of alkyl halides is 1. The first-order valence-corrected chi connectivity index (χ1v) is 13.6. The Morgan fingerprint density at radius 3 is 1.61 bits per heavy atom. The summed E-state index contributed by atoms with van der Waals surface area (Å²) in [6.07, 6.45) is 3.03. The lowest BCUT2D eigenvalue weighted by atomic mass is 10.0. The first-order chi connectivity index (χ1) is 18.1. The van der Waals surface area contributed by atoms with Gasteiger partial charge < -0.3 is 10.2 Å². The fourth-order valence-corrected chi connectivity index (χ4v) is 4.42. The van der Waals surface area contributed by atoms with E-state index >= 15 is 0 Å². The van der Waals surface area contributed by atoms with E-state index in [1.807, 2.05) is 53.4 Å². The van der Waals surface area contributed by atoms with Crippen LogP contribution in [0.2, 0.25) is 0 Å². The summed E-state index contributed by atoms with van der Waals surface area (Å²) in [6, 6.07) is 37.0. The molecule has 5 heteroatoms. The zero-order valence-electron chi connectivity index (χ0n) is 20.8. The second-order valence-electron chi connectivity index (χ2n) is 8.97. The third-order valence-electron chi connectivity index (χ3n) is 6.16. The van der Waals surface area contributed by atoms with E-state index in [2.05, 4.69) is 81.9 Å². The molecular weight excluding hydrogens is 536 g/mol. The molecule has 38 heavy (non-hydrogen) atoms. The first-order valence-electron chi connectivity index (χ1n) is 12.5. The number of hydrogen-bond acceptors (Lipinski definition) is 2. The highest BCUT2D eigenvalue weighted by atomic mass is 79.9. The predicted octanol–water partition coefficient (Wildman–Crippen LogP) is 7.65. The van der Waals surface area contributed by atoms with Gasteiger partial charge in [-0.2, -0.15) is 0 Å². The zero-order valence-corrected chi connectivity index (χ0v) is 22.4. The van der Waals surface area contributed by atoms with Crippen molar-refractivity contribution in [2.45, 2.75) is 33.1 Å². The Balaban J connectivity index is 0.000000205. The summed E-state index contributed by atoms with van der Waals surface area (Å²) in [7, 11) is 0. The first kappa shape index (κ1) is 28.9. The standard InChI is InChI=1S/C16H16BrNO.C16H15NO.CH4/c17-11-10-16(19)18-15-8-6-14(7-9-15)12-13-4-2-1-3-5-13;18-16-10-11-17(16)15-8-6-14(7-9-15)12-13-4-2-1-3-5-13;/h1-9H,10-12H2,(H,18,19);1-9H,10-12H2;1H4. The van der Waals surface area contributed by atoms with Gasteiger partial charge in [0.05, 0.1) is 0 Å². The largest absolute Gasteiger partial charge is 0.326 e. The molecule has 4 aromatic rings. The Labute approximate surface area is 234 Å². The molecule has 4 nitrogen and oxygen atoms in total. The van der Waals surface area contributed by atoms with Gasteiger partial charge in [-0.1, -0.05) is 108 Å². The summed E-state index contributed by atoms with van der Waals surface area (Å²) in [5.41, 5.74) is 6.98. The number of β-lactam (4-membered cyclic amide) rings is 1. The topological polar surface area (TPSA) is 49.4 Å². The Hall–Kier alpha value is -3.70. The van der Waals surface area contributed by atoms with Crippen LogP contribution in [-0.2, 0) is 22.4 Å². The van der Waals surface area contributed by atoms with E-state index in [0.29, 0.717) is 18.2 Å². The molecule has 196 valence electrons. The van der Waals surface area contributed by atoms with Crippen LogP contribution in [-0.4, -0.2) is 23.7 Å². The number of nitrogens with zero attached hydrogens (tertiary/aromatic N) is 1. The van der Waals surface area contributed by atoms with Crippen LogP contribution in [0.15, 0.2) is 109 Å². The molecule has 0 aliphatic carbocycles. The fraction of sp³-hybridized carbons (Fsp3) is 0.212. The van der Waals surface area contributed by atoms with Gasteiger partial charge in [-0.05, 0) is 59.4 Å².